The molecule has 0 unspecified atom stereocenters. The number of carboxylic acids is 1. The SMILES string of the molecule is Cn1c(/C=C2\SC(=S)N(CCCC(=O)O)C2=O)nc2ccccc21. The zero-order chi connectivity index (χ0) is 17.3. The van der Waals surface area contributed by atoms with E-state index >= 15 is 0 Å². The maximum absolute atomic E-state index is 12.5. The van der Waals surface area contributed by atoms with Gasteiger partial charge in [0, 0.05) is 26.1 Å². The fourth-order valence-electron chi connectivity index (χ4n) is 2.49. The maximum Gasteiger partial charge on any atom is 0.303 e. The number of amides is 1. The normalized spacial score (nSPS) is 16.5. The van der Waals surface area contributed by atoms with Gasteiger partial charge in [-0.15, -0.1) is 0 Å². The Morgan fingerprint density at radius 3 is 2.88 bits per heavy atom. The minimum absolute atomic E-state index is 0.0147. The second-order valence-electron chi connectivity index (χ2n) is 5.35. The van der Waals surface area contributed by atoms with Crippen LogP contribution in [0.1, 0.15) is 18.7 Å². The second kappa shape index (κ2) is 6.74. The molecule has 0 saturated carbocycles. The molecule has 1 aromatic heterocycles. The highest BCUT2D eigenvalue weighted by Crippen LogP contribution is 2.33. The molecule has 0 radical (unpaired) electrons. The summed E-state index contributed by atoms with van der Waals surface area (Å²) in [5.41, 5.74) is 1.85. The van der Waals surface area contributed by atoms with Gasteiger partial charge in [-0.2, -0.15) is 0 Å². The molecule has 24 heavy (non-hydrogen) atoms. The molecule has 1 aliphatic rings. The Bertz CT molecular complexity index is 873. The quantitative estimate of drug-likeness (QED) is 0.652. The van der Waals surface area contributed by atoms with Crippen LogP contribution >= 0.6 is 24.0 Å². The molecule has 1 fully saturated rings. The molecule has 1 amide bonds. The first-order chi connectivity index (χ1) is 11.5. The molecule has 8 heteroatoms. The van der Waals surface area contributed by atoms with Crippen LogP contribution in [-0.4, -0.2) is 42.3 Å². The molecule has 0 bridgehead atoms. The van der Waals surface area contributed by atoms with Crippen molar-refractivity contribution < 1.29 is 14.7 Å². The van der Waals surface area contributed by atoms with Crippen molar-refractivity contribution in [3.8, 4) is 0 Å². The number of aromatic nitrogens is 2. The van der Waals surface area contributed by atoms with Gasteiger partial charge in [0.05, 0.1) is 15.9 Å². The van der Waals surface area contributed by atoms with E-state index in [0.717, 1.165) is 11.0 Å². The topological polar surface area (TPSA) is 75.4 Å². The van der Waals surface area contributed by atoms with E-state index in [1.54, 1.807) is 6.08 Å². The van der Waals surface area contributed by atoms with Gasteiger partial charge < -0.3 is 9.67 Å². The van der Waals surface area contributed by atoms with E-state index in [1.807, 2.05) is 35.9 Å². The minimum Gasteiger partial charge on any atom is -0.481 e. The van der Waals surface area contributed by atoms with Gasteiger partial charge in [0.25, 0.3) is 5.91 Å². The predicted molar refractivity (Wildman–Crippen MR) is 97.5 cm³/mol. The summed E-state index contributed by atoms with van der Waals surface area (Å²) in [7, 11) is 1.90. The molecule has 3 rings (SSSR count). The highest BCUT2D eigenvalue weighted by molar-refractivity contribution is 8.26. The number of aryl methyl sites for hydroxylation is 1. The van der Waals surface area contributed by atoms with E-state index in [2.05, 4.69) is 4.98 Å². The molecule has 0 aliphatic carbocycles. The molecule has 1 N–H and O–H groups in total. The summed E-state index contributed by atoms with van der Waals surface area (Å²) < 4.78 is 2.38. The summed E-state index contributed by atoms with van der Waals surface area (Å²) in [6.07, 6.45) is 2.12. The third kappa shape index (κ3) is 3.20. The summed E-state index contributed by atoms with van der Waals surface area (Å²) in [6.45, 7) is 0.316. The Kier molecular flexibility index (Phi) is 4.68. The highest BCUT2D eigenvalue weighted by atomic mass is 32.2. The highest BCUT2D eigenvalue weighted by Gasteiger charge is 2.32. The molecular formula is C16H15N3O3S2. The number of thioether (sulfide) groups is 1. The number of carbonyl (C=O) groups excluding carboxylic acids is 1. The number of aliphatic carboxylic acids is 1. The number of nitrogens with zero attached hydrogens (tertiary/aromatic N) is 3. The van der Waals surface area contributed by atoms with Crippen LogP contribution in [0.25, 0.3) is 17.1 Å². The lowest BCUT2D eigenvalue weighted by atomic mass is 10.3. The van der Waals surface area contributed by atoms with Crippen molar-refractivity contribution in [2.24, 2.45) is 7.05 Å². The molecule has 1 aromatic carbocycles. The molecule has 1 aliphatic heterocycles. The maximum atomic E-state index is 12.5. The van der Waals surface area contributed by atoms with Crippen LogP contribution in [0.5, 0.6) is 0 Å². The molecule has 2 heterocycles. The van der Waals surface area contributed by atoms with Crippen molar-refractivity contribution in [2.45, 2.75) is 12.8 Å². The number of benzene rings is 1. The van der Waals surface area contributed by atoms with Crippen molar-refractivity contribution >= 4 is 57.3 Å². The number of rotatable bonds is 5. The lowest BCUT2D eigenvalue weighted by Gasteiger charge is -2.13. The van der Waals surface area contributed by atoms with Crippen LogP contribution in [-0.2, 0) is 16.6 Å². The summed E-state index contributed by atoms with van der Waals surface area (Å²) >= 11 is 6.46. The average molecular weight is 361 g/mol. The van der Waals surface area contributed by atoms with Gasteiger partial charge in [0.15, 0.2) is 0 Å². The summed E-state index contributed by atoms with van der Waals surface area (Å²) in [6, 6.07) is 7.75. The zero-order valence-corrected chi connectivity index (χ0v) is 14.6. The van der Waals surface area contributed by atoms with Crippen LogP contribution in [0, 0.1) is 0 Å². The standard InChI is InChI=1S/C16H15N3O3S2/c1-18-11-6-3-2-5-10(11)17-13(18)9-12-15(22)19(16(23)24-12)8-4-7-14(20)21/h2-3,5-6,9H,4,7-8H2,1H3,(H,20,21)/b12-9-. The van der Waals surface area contributed by atoms with Crippen molar-refractivity contribution in [1.82, 2.24) is 14.5 Å². The van der Waals surface area contributed by atoms with Crippen molar-refractivity contribution in [1.29, 1.82) is 0 Å². The smallest absolute Gasteiger partial charge is 0.303 e. The lowest BCUT2D eigenvalue weighted by molar-refractivity contribution is -0.137. The third-order valence-corrected chi connectivity index (χ3v) is 5.11. The molecule has 124 valence electrons. The van der Waals surface area contributed by atoms with E-state index in [4.69, 9.17) is 17.3 Å². The predicted octanol–water partition coefficient (Wildman–Crippen LogP) is 2.64. The van der Waals surface area contributed by atoms with E-state index in [0.29, 0.717) is 28.0 Å². The van der Waals surface area contributed by atoms with E-state index in [-0.39, 0.29) is 12.3 Å². The number of thiocarbonyl (C=S) groups is 1. The lowest BCUT2D eigenvalue weighted by Crippen LogP contribution is -2.29. The van der Waals surface area contributed by atoms with Crippen molar-refractivity contribution in [3.05, 3.63) is 35.0 Å². The Morgan fingerprint density at radius 1 is 1.42 bits per heavy atom. The Hall–Kier alpha value is -2.19. The Labute approximate surface area is 148 Å². The summed E-state index contributed by atoms with van der Waals surface area (Å²) in [4.78, 5) is 29.6. The van der Waals surface area contributed by atoms with Gasteiger partial charge in [0.2, 0.25) is 0 Å². The van der Waals surface area contributed by atoms with Gasteiger partial charge in [0.1, 0.15) is 10.1 Å². The molecular weight excluding hydrogens is 346 g/mol. The van der Waals surface area contributed by atoms with Gasteiger partial charge in [-0.1, -0.05) is 36.1 Å². The van der Waals surface area contributed by atoms with Crippen LogP contribution in [0.4, 0.5) is 0 Å². The fraction of sp³-hybridized carbons (Fsp3) is 0.250. The number of carbonyl (C=O) groups is 2. The molecule has 2 aromatic rings. The van der Waals surface area contributed by atoms with Gasteiger partial charge >= 0.3 is 5.97 Å². The van der Waals surface area contributed by atoms with Crippen LogP contribution in [0.15, 0.2) is 29.2 Å². The number of carboxylic acid groups (broad SMARTS) is 1. The van der Waals surface area contributed by atoms with Crippen LogP contribution < -0.4 is 0 Å². The number of imidazole rings is 1. The fourth-order valence-corrected chi connectivity index (χ4v) is 3.77. The largest absolute Gasteiger partial charge is 0.481 e. The first-order valence-electron chi connectivity index (χ1n) is 7.36. The average Bonchev–Trinajstić information content (AvgIpc) is 2.99. The van der Waals surface area contributed by atoms with E-state index in [9.17, 15) is 9.59 Å². The van der Waals surface area contributed by atoms with E-state index in [1.165, 1.54) is 16.7 Å². The number of fused-ring (bicyclic) bond motifs is 1. The number of para-hydroxylation sites is 2. The van der Waals surface area contributed by atoms with Gasteiger partial charge in [-0.05, 0) is 18.6 Å². The molecule has 0 spiro atoms. The van der Waals surface area contributed by atoms with Crippen LogP contribution in [0.2, 0.25) is 0 Å². The summed E-state index contributed by atoms with van der Waals surface area (Å²) in [5, 5.41) is 8.70. The molecule has 0 atom stereocenters. The van der Waals surface area contributed by atoms with E-state index < -0.39 is 5.97 Å². The Balaban J connectivity index is 1.82. The Morgan fingerprint density at radius 2 is 2.17 bits per heavy atom. The summed E-state index contributed by atoms with van der Waals surface area (Å²) in [5.74, 6) is -0.389. The first kappa shape index (κ1) is 16.7. The van der Waals surface area contributed by atoms with Crippen molar-refractivity contribution in [3.63, 3.8) is 0 Å². The third-order valence-electron chi connectivity index (χ3n) is 3.73. The van der Waals surface area contributed by atoms with Crippen molar-refractivity contribution in [2.75, 3.05) is 6.54 Å². The molecule has 1 saturated heterocycles. The first-order valence-corrected chi connectivity index (χ1v) is 8.58. The number of hydrogen-bond donors (Lipinski definition) is 1. The monoisotopic (exact) mass is 361 g/mol. The minimum atomic E-state index is -0.879. The second-order valence-corrected chi connectivity index (χ2v) is 7.02. The number of hydrogen-bond acceptors (Lipinski definition) is 5. The molecule has 6 nitrogen and oxygen atoms in total. The van der Waals surface area contributed by atoms with Gasteiger partial charge in [-0.25, -0.2) is 4.98 Å². The van der Waals surface area contributed by atoms with Gasteiger partial charge in [-0.3, -0.25) is 14.5 Å². The zero-order valence-electron chi connectivity index (χ0n) is 12.9. The van der Waals surface area contributed by atoms with Crippen LogP contribution in [0.3, 0.4) is 0 Å².